The minimum atomic E-state index is 0.689. The number of likely N-dealkylation sites (N-methyl/N-ethyl adjacent to an activating group) is 1. The molecular formula is C17H35N3. The van der Waals surface area contributed by atoms with Gasteiger partial charge in [-0.05, 0) is 52.6 Å². The molecule has 0 aromatic heterocycles. The summed E-state index contributed by atoms with van der Waals surface area (Å²) in [4.78, 5) is 5.24. The fourth-order valence-corrected chi connectivity index (χ4v) is 4.01. The van der Waals surface area contributed by atoms with Crippen LogP contribution in [0.15, 0.2) is 0 Å². The minimum absolute atomic E-state index is 0.689. The number of hydrogen-bond donors (Lipinski definition) is 1. The molecule has 0 amide bonds. The highest BCUT2D eigenvalue weighted by atomic mass is 15.3. The molecule has 1 aliphatic carbocycles. The summed E-state index contributed by atoms with van der Waals surface area (Å²) in [6, 6.07) is 2.10. The highest BCUT2D eigenvalue weighted by Gasteiger charge is 2.31. The molecule has 2 fully saturated rings. The van der Waals surface area contributed by atoms with Crippen molar-refractivity contribution >= 4 is 0 Å². The third-order valence-corrected chi connectivity index (χ3v) is 5.52. The van der Waals surface area contributed by atoms with Gasteiger partial charge in [-0.2, -0.15) is 0 Å². The molecule has 3 heteroatoms. The quantitative estimate of drug-likeness (QED) is 0.807. The van der Waals surface area contributed by atoms with E-state index in [9.17, 15) is 0 Å². The lowest BCUT2D eigenvalue weighted by Crippen LogP contribution is -2.58. The maximum atomic E-state index is 3.84. The standard InChI is InChI=1S/C17H35N3/c1-5-10-18-17(16-8-6-7-9-16)13-20-11-14(2)19(4)15(3)12-20/h14-18H,5-13H2,1-4H3. The highest BCUT2D eigenvalue weighted by molar-refractivity contribution is 4.88. The maximum absolute atomic E-state index is 3.84. The Bertz CT molecular complexity index is 263. The maximum Gasteiger partial charge on any atom is 0.0223 e. The lowest BCUT2D eigenvalue weighted by atomic mass is 9.96. The van der Waals surface area contributed by atoms with Crippen LogP contribution in [0.25, 0.3) is 0 Å². The molecule has 3 atom stereocenters. The van der Waals surface area contributed by atoms with Gasteiger partial charge in [-0.1, -0.05) is 19.8 Å². The van der Waals surface area contributed by atoms with Crippen LogP contribution in [-0.2, 0) is 0 Å². The summed E-state index contributed by atoms with van der Waals surface area (Å²) in [5.74, 6) is 0.923. The summed E-state index contributed by atoms with van der Waals surface area (Å²) in [5, 5.41) is 3.84. The van der Waals surface area contributed by atoms with Crippen LogP contribution in [0.3, 0.4) is 0 Å². The van der Waals surface area contributed by atoms with E-state index in [0.717, 1.165) is 12.0 Å². The topological polar surface area (TPSA) is 18.5 Å². The van der Waals surface area contributed by atoms with E-state index in [1.54, 1.807) is 0 Å². The molecule has 3 unspecified atom stereocenters. The van der Waals surface area contributed by atoms with Gasteiger partial charge in [0.2, 0.25) is 0 Å². The minimum Gasteiger partial charge on any atom is -0.312 e. The van der Waals surface area contributed by atoms with E-state index in [-0.39, 0.29) is 0 Å². The molecule has 1 saturated heterocycles. The third kappa shape index (κ3) is 4.19. The number of nitrogens with one attached hydrogen (secondary N) is 1. The molecular weight excluding hydrogens is 246 g/mol. The van der Waals surface area contributed by atoms with Gasteiger partial charge in [0.15, 0.2) is 0 Å². The second-order valence-corrected chi connectivity index (χ2v) is 7.19. The Labute approximate surface area is 126 Å². The van der Waals surface area contributed by atoms with Gasteiger partial charge in [0, 0.05) is 37.8 Å². The van der Waals surface area contributed by atoms with Crippen LogP contribution >= 0.6 is 0 Å². The fourth-order valence-electron chi connectivity index (χ4n) is 4.01. The second kappa shape index (κ2) is 7.77. The van der Waals surface area contributed by atoms with Crippen molar-refractivity contribution < 1.29 is 0 Å². The molecule has 0 radical (unpaired) electrons. The molecule has 118 valence electrons. The van der Waals surface area contributed by atoms with Crippen LogP contribution in [0.5, 0.6) is 0 Å². The summed E-state index contributed by atoms with van der Waals surface area (Å²) >= 11 is 0. The van der Waals surface area contributed by atoms with E-state index in [1.807, 2.05) is 0 Å². The Morgan fingerprint density at radius 3 is 2.25 bits per heavy atom. The average Bonchev–Trinajstić information content (AvgIpc) is 2.94. The van der Waals surface area contributed by atoms with Crippen LogP contribution in [-0.4, -0.2) is 61.2 Å². The first kappa shape index (κ1) is 16.3. The van der Waals surface area contributed by atoms with Crippen molar-refractivity contribution in [1.82, 2.24) is 15.1 Å². The fraction of sp³-hybridized carbons (Fsp3) is 1.00. The van der Waals surface area contributed by atoms with Gasteiger partial charge in [0.25, 0.3) is 0 Å². The van der Waals surface area contributed by atoms with E-state index < -0.39 is 0 Å². The third-order valence-electron chi connectivity index (χ3n) is 5.52. The Hall–Kier alpha value is -0.120. The zero-order chi connectivity index (χ0) is 14.5. The van der Waals surface area contributed by atoms with Gasteiger partial charge in [0.1, 0.15) is 0 Å². The molecule has 0 bridgehead atoms. The van der Waals surface area contributed by atoms with E-state index >= 15 is 0 Å². The smallest absolute Gasteiger partial charge is 0.0223 e. The van der Waals surface area contributed by atoms with Crippen LogP contribution in [0.1, 0.15) is 52.9 Å². The first-order valence-corrected chi connectivity index (χ1v) is 8.79. The van der Waals surface area contributed by atoms with Gasteiger partial charge < -0.3 is 5.32 Å². The Morgan fingerprint density at radius 2 is 1.70 bits per heavy atom. The van der Waals surface area contributed by atoms with Gasteiger partial charge in [-0.25, -0.2) is 0 Å². The van der Waals surface area contributed by atoms with Crippen LogP contribution < -0.4 is 5.32 Å². The SMILES string of the molecule is CCCNC(CN1CC(C)N(C)C(C)C1)C1CCCC1. The molecule has 0 spiro atoms. The van der Waals surface area contributed by atoms with Crippen molar-refractivity contribution in [3.05, 3.63) is 0 Å². The van der Waals surface area contributed by atoms with Gasteiger partial charge in [-0.15, -0.1) is 0 Å². The zero-order valence-electron chi connectivity index (χ0n) is 14.1. The second-order valence-electron chi connectivity index (χ2n) is 7.19. The summed E-state index contributed by atoms with van der Waals surface area (Å²) < 4.78 is 0. The first-order chi connectivity index (χ1) is 9.61. The van der Waals surface area contributed by atoms with Gasteiger partial charge in [-0.3, -0.25) is 9.80 Å². The van der Waals surface area contributed by atoms with E-state index in [1.165, 1.54) is 58.3 Å². The lowest BCUT2D eigenvalue weighted by molar-refractivity contribution is 0.0496. The molecule has 1 heterocycles. The van der Waals surface area contributed by atoms with Crippen molar-refractivity contribution in [2.75, 3.05) is 33.2 Å². The van der Waals surface area contributed by atoms with Crippen LogP contribution in [0, 0.1) is 5.92 Å². The Balaban J connectivity index is 1.89. The number of piperazine rings is 1. The molecule has 0 aromatic carbocycles. The van der Waals surface area contributed by atoms with Crippen LogP contribution in [0.2, 0.25) is 0 Å². The van der Waals surface area contributed by atoms with Crippen molar-refractivity contribution in [2.45, 2.75) is 71.0 Å². The predicted octanol–water partition coefficient (Wildman–Crippen LogP) is 2.57. The van der Waals surface area contributed by atoms with Crippen LogP contribution in [0.4, 0.5) is 0 Å². The molecule has 20 heavy (non-hydrogen) atoms. The van der Waals surface area contributed by atoms with Crippen molar-refractivity contribution in [3.63, 3.8) is 0 Å². The number of hydrogen-bond acceptors (Lipinski definition) is 3. The monoisotopic (exact) mass is 281 g/mol. The number of nitrogens with zero attached hydrogens (tertiary/aromatic N) is 2. The molecule has 1 aliphatic heterocycles. The molecule has 2 rings (SSSR count). The normalized spacial score (nSPS) is 31.8. The van der Waals surface area contributed by atoms with Gasteiger partial charge >= 0.3 is 0 Å². The van der Waals surface area contributed by atoms with Crippen molar-refractivity contribution in [3.8, 4) is 0 Å². The Morgan fingerprint density at radius 1 is 1.10 bits per heavy atom. The summed E-state index contributed by atoms with van der Waals surface area (Å²) in [6.07, 6.45) is 7.04. The molecule has 2 aliphatic rings. The molecule has 1 saturated carbocycles. The van der Waals surface area contributed by atoms with E-state index in [4.69, 9.17) is 0 Å². The predicted molar refractivity (Wildman–Crippen MR) is 87.2 cm³/mol. The van der Waals surface area contributed by atoms with Crippen molar-refractivity contribution in [2.24, 2.45) is 5.92 Å². The van der Waals surface area contributed by atoms with Gasteiger partial charge in [0.05, 0.1) is 0 Å². The zero-order valence-corrected chi connectivity index (χ0v) is 14.1. The summed E-state index contributed by atoms with van der Waals surface area (Å²) in [7, 11) is 2.27. The first-order valence-electron chi connectivity index (χ1n) is 8.79. The largest absolute Gasteiger partial charge is 0.312 e. The van der Waals surface area contributed by atoms with E-state index in [0.29, 0.717) is 12.1 Å². The Kier molecular flexibility index (Phi) is 6.31. The molecule has 3 nitrogen and oxygen atoms in total. The molecule has 1 N–H and O–H groups in total. The summed E-state index contributed by atoms with van der Waals surface area (Å²) in [6.45, 7) is 11.9. The van der Waals surface area contributed by atoms with E-state index in [2.05, 4.69) is 42.9 Å². The average molecular weight is 281 g/mol. The summed E-state index contributed by atoms with van der Waals surface area (Å²) in [5.41, 5.74) is 0. The highest BCUT2D eigenvalue weighted by Crippen LogP contribution is 2.28. The number of rotatable bonds is 6. The lowest BCUT2D eigenvalue weighted by Gasteiger charge is -2.44. The molecule has 0 aromatic rings. The van der Waals surface area contributed by atoms with Crippen molar-refractivity contribution in [1.29, 1.82) is 0 Å².